The van der Waals surface area contributed by atoms with E-state index in [1.165, 1.54) is 0 Å². The molecule has 0 aromatic heterocycles. The molecule has 0 aromatic rings. The fourth-order valence-electron chi connectivity index (χ4n) is 0. The van der Waals surface area contributed by atoms with Gasteiger partial charge in [-0.25, -0.2) is 4.39 Å². The highest BCUT2D eigenvalue weighted by atomic mass is 19.1. The topological polar surface area (TPSA) is 40.9 Å². The van der Waals surface area contributed by atoms with E-state index < -0.39 is 12.1 Å². The molecule has 2 nitrogen and oxygen atoms in total. The summed E-state index contributed by atoms with van der Waals surface area (Å²) in [5.41, 5.74) is 6.02. The molecule has 0 unspecified atom stereocenters. The average molecular weight is 90.1 g/mol. The van der Waals surface area contributed by atoms with Crippen molar-refractivity contribution in [2.24, 2.45) is 0 Å². The molecule has 0 saturated carbocycles. The summed E-state index contributed by atoms with van der Waals surface area (Å²) in [5, 5.41) is 0. The molecule has 0 heterocycles. The molecule has 0 spiro atoms. The van der Waals surface area contributed by atoms with Gasteiger partial charge in [0.05, 0.1) is 0 Å². The molecular formula is C3H5FNO. The summed E-state index contributed by atoms with van der Waals surface area (Å²) in [4.78, 5) is 9.44. The van der Waals surface area contributed by atoms with E-state index >= 15 is 0 Å². The van der Waals surface area contributed by atoms with Crippen molar-refractivity contribution in [3.8, 4) is 0 Å². The number of hydrogen-bond donors (Lipinski definition) is 0. The van der Waals surface area contributed by atoms with Crippen molar-refractivity contribution in [2.75, 3.05) is 0 Å². The molecule has 0 aliphatic carbocycles. The molecule has 1 amide bonds. The maximum atomic E-state index is 11.3. The molecule has 0 saturated heterocycles. The predicted octanol–water partition coefficient (Wildman–Crippen LogP) is 0.154. The van der Waals surface area contributed by atoms with Crippen molar-refractivity contribution in [1.29, 1.82) is 0 Å². The molecule has 6 heavy (non-hydrogen) atoms. The minimum absolute atomic E-state index is 1.04. The summed E-state index contributed by atoms with van der Waals surface area (Å²) in [5.74, 6) is -1.16. The Kier molecular flexibility index (Phi) is 1.57. The zero-order valence-corrected chi connectivity index (χ0v) is 3.36. The van der Waals surface area contributed by atoms with E-state index in [1.54, 1.807) is 0 Å². The van der Waals surface area contributed by atoms with Gasteiger partial charge in [-0.05, 0) is 6.92 Å². The fourth-order valence-corrected chi connectivity index (χ4v) is 0. The molecule has 1 radical (unpaired) electrons. The number of hydrogen-bond acceptors (Lipinski definition) is 1. The van der Waals surface area contributed by atoms with Crippen LogP contribution in [0.3, 0.4) is 0 Å². The summed E-state index contributed by atoms with van der Waals surface area (Å²) >= 11 is 0. The van der Waals surface area contributed by atoms with E-state index in [4.69, 9.17) is 5.73 Å². The van der Waals surface area contributed by atoms with Crippen LogP contribution in [0.4, 0.5) is 4.39 Å². The van der Waals surface area contributed by atoms with Crippen molar-refractivity contribution >= 4 is 5.91 Å². The van der Waals surface area contributed by atoms with Gasteiger partial charge in [-0.3, -0.25) is 10.5 Å². The standard InChI is InChI=1S/C3H5FNO/c1-2(4)3(5)6/h2,5H,1H3/t2-/m0/s1. The zero-order valence-electron chi connectivity index (χ0n) is 3.36. The lowest BCUT2D eigenvalue weighted by atomic mass is 10.4. The molecule has 1 N–H and O–H groups in total. The van der Waals surface area contributed by atoms with Gasteiger partial charge in [0.1, 0.15) is 0 Å². The molecule has 0 rings (SSSR count). The second kappa shape index (κ2) is 1.74. The zero-order chi connectivity index (χ0) is 5.15. The first kappa shape index (κ1) is 5.40. The van der Waals surface area contributed by atoms with E-state index in [1.807, 2.05) is 0 Å². The van der Waals surface area contributed by atoms with Crippen LogP contribution in [-0.2, 0) is 4.79 Å². The molecule has 3 heteroatoms. The third-order valence-corrected chi connectivity index (χ3v) is 0.361. The van der Waals surface area contributed by atoms with Crippen LogP contribution in [0.25, 0.3) is 0 Å². The first-order chi connectivity index (χ1) is 2.64. The third-order valence-electron chi connectivity index (χ3n) is 0.361. The Labute approximate surface area is 35.1 Å². The number of halogens is 1. The van der Waals surface area contributed by atoms with Crippen LogP contribution < -0.4 is 5.73 Å². The van der Waals surface area contributed by atoms with E-state index in [2.05, 4.69) is 0 Å². The summed E-state index contributed by atoms with van der Waals surface area (Å²) in [7, 11) is 0. The lowest BCUT2D eigenvalue weighted by molar-refractivity contribution is -0.122. The first-order valence-electron chi connectivity index (χ1n) is 1.54. The Balaban J connectivity index is 3.26. The van der Waals surface area contributed by atoms with Gasteiger partial charge in [0.2, 0.25) is 0 Å². The van der Waals surface area contributed by atoms with Crippen LogP contribution in [0, 0.1) is 0 Å². The van der Waals surface area contributed by atoms with E-state index in [0.717, 1.165) is 6.92 Å². The Hall–Kier alpha value is -0.600. The molecule has 35 valence electrons. The summed E-state index contributed by atoms with van der Waals surface area (Å²) < 4.78 is 11.3. The van der Waals surface area contributed by atoms with Crippen molar-refractivity contribution in [1.82, 2.24) is 5.73 Å². The SMILES string of the molecule is C[C@H](F)C([NH])=O. The molecule has 0 bridgehead atoms. The Morgan fingerprint density at radius 1 is 2.00 bits per heavy atom. The number of rotatable bonds is 1. The second-order valence-electron chi connectivity index (χ2n) is 0.980. The largest absolute Gasteiger partial charge is 0.272 e. The Morgan fingerprint density at radius 3 is 2.17 bits per heavy atom. The van der Waals surface area contributed by atoms with Crippen LogP contribution in [0.5, 0.6) is 0 Å². The Bertz CT molecular complexity index is 61.8. The molecule has 0 aliphatic heterocycles. The van der Waals surface area contributed by atoms with Gasteiger partial charge in [-0.15, -0.1) is 0 Å². The molecular weight excluding hydrogens is 85.0 g/mol. The number of alkyl halides is 1. The number of amides is 1. The minimum Gasteiger partial charge on any atom is -0.270 e. The van der Waals surface area contributed by atoms with Crippen molar-refractivity contribution in [3.63, 3.8) is 0 Å². The predicted molar refractivity (Wildman–Crippen MR) is 18.7 cm³/mol. The highest BCUT2D eigenvalue weighted by Crippen LogP contribution is 1.82. The smallest absolute Gasteiger partial charge is 0.270 e. The normalized spacial score (nSPS) is 13.7. The summed E-state index contributed by atoms with van der Waals surface area (Å²) in [6.07, 6.45) is -1.62. The van der Waals surface area contributed by atoms with E-state index in [9.17, 15) is 9.18 Å². The minimum atomic E-state index is -1.62. The van der Waals surface area contributed by atoms with Crippen LogP contribution in [0.15, 0.2) is 0 Å². The first-order valence-corrected chi connectivity index (χ1v) is 1.54. The summed E-state index contributed by atoms with van der Waals surface area (Å²) in [6, 6.07) is 0. The number of nitrogens with one attached hydrogen (secondary N) is 1. The van der Waals surface area contributed by atoms with Crippen LogP contribution in [0.2, 0.25) is 0 Å². The van der Waals surface area contributed by atoms with Crippen molar-refractivity contribution < 1.29 is 9.18 Å². The Morgan fingerprint density at radius 2 is 2.17 bits per heavy atom. The molecule has 0 fully saturated rings. The van der Waals surface area contributed by atoms with Crippen LogP contribution >= 0.6 is 0 Å². The number of carbonyl (C=O) groups excluding carboxylic acids is 1. The highest BCUT2D eigenvalue weighted by Gasteiger charge is 2.02. The van der Waals surface area contributed by atoms with Gasteiger partial charge in [0.15, 0.2) is 6.17 Å². The van der Waals surface area contributed by atoms with Crippen LogP contribution in [-0.4, -0.2) is 12.1 Å². The molecule has 1 atom stereocenters. The van der Waals surface area contributed by atoms with Gasteiger partial charge in [-0.1, -0.05) is 0 Å². The highest BCUT2D eigenvalue weighted by molar-refractivity contribution is 5.77. The van der Waals surface area contributed by atoms with Gasteiger partial charge in [-0.2, -0.15) is 0 Å². The maximum absolute atomic E-state index is 11.3. The second-order valence-corrected chi connectivity index (χ2v) is 0.980. The summed E-state index contributed by atoms with van der Waals surface area (Å²) in [6.45, 7) is 1.04. The lowest BCUT2D eigenvalue weighted by Crippen LogP contribution is -2.10. The van der Waals surface area contributed by atoms with Crippen molar-refractivity contribution in [3.05, 3.63) is 0 Å². The van der Waals surface area contributed by atoms with Crippen molar-refractivity contribution in [2.45, 2.75) is 13.1 Å². The third kappa shape index (κ3) is 1.69. The molecule has 0 aliphatic rings. The van der Waals surface area contributed by atoms with Gasteiger partial charge >= 0.3 is 0 Å². The van der Waals surface area contributed by atoms with Gasteiger partial charge in [0.25, 0.3) is 5.91 Å². The molecule has 0 aromatic carbocycles. The lowest BCUT2D eigenvalue weighted by Gasteiger charge is -1.85. The van der Waals surface area contributed by atoms with Gasteiger partial charge < -0.3 is 0 Å². The quantitative estimate of drug-likeness (QED) is 0.452. The van der Waals surface area contributed by atoms with Gasteiger partial charge in [0, 0.05) is 0 Å². The van der Waals surface area contributed by atoms with E-state index in [0.29, 0.717) is 0 Å². The maximum Gasteiger partial charge on any atom is 0.272 e. The van der Waals surface area contributed by atoms with E-state index in [-0.39, 0.29) is 0 Å². The monoisotopic (exact) mass is 90.0 g/mol. The number of carbonyl (C=O) groups is 1. The average Bonchev–Trinajstić information content (AvgIpc) is 1.36. The fraction of sp³-hybridized carbons (Fsp3) is 0.667. The van der Waals surface area contributed by atoms with Crippen LogP contribution in [0.1, 0.15) is 6.92 Å².